The molecule has 1 heterocycles. The van der Waals surface area contributed by atoms with Crippen LogP contribution in [0, 0.1) is 0 Å². The Morgan fingerprint density at radius 3 is 2.65 bits per heavy atom. The second-order valence-corrected chi connectivity index (χ2v) is 4.26. The molecule has 2 aromatic carbocycles. The van der Waals surface area contributed by atoms with Crippen molar-refractivity contribution < 1.29 is 0 Å². The Kier molecular flexibility index (Phi) is 2.41. The number of benzene rings is 2. The zero-order chi connectivity index (χ0) is 11.7. The molecule has 84 valence electrons. The minimum Gasteiger partial charge on any atom is -0.368 e. The number of hydrogen-bond donors (Lipinski definition) is 0. The van der Waals surface area contributed by atoms with E-state index in [-0.39, 0.29) is 0 Å². The first kappa shape index (κ1) is 10.1. The number of rotatable bonds is 1. The van der Waals surface area contributed by atoms with E-state index in [2.05, 4.69) is 59.4 Å². The molecule has 0 saturated heterocycles. The standard InChI is InChI=1S/C15H14N2/c1-17-10-9-16-14-8-7-13(11-15(14)17)12-5-3-2-4-6-12/h2-9,11H,10H2,1H3. The van der Waals surface area contributed by atoms with Gasteiger partial charge in [-0.1, -0.05) is 36.4 Å². The van der Waals surface area contributed by atoms with Gasteiger partial charge in [0.15, 0.2) is 0 Å². The molecule has 0 bridgehead atoms. The molecule has 3 rings (SSSR count). The summed E-state index contributed by atoms with van der Waals surface area (Å²) < 4.78 is 0. The van der Waals surface area contributed by atoms with Crippen LogP contribution in [0.3, 0.4) is 0 Å². The van der Waals surface area contributed by atoms with Gasteiger partial charge in [-0.05, 0) is 23.3 Å². The Labute approximate surface area is 101 Å². The van der Waals surface area contributed by atoms with Crippen LogP contribution in [0.25, 0.3) is 11.1 Å². The Bertz CT molecular complexity index is 558. The van der Waals surface area contributed by atoms with E-state index in [1.54, 1.807) is 0 Å². The summed E-state index contributed by atoms with van der Waals surface area (Å²) in [6, 6.07) is 16.9. The van der Waals surface area contributed by atoms with Crippen molar-refractivity contribution in [3.8, 4) is 11.1 Å². The van der Waals surface area contributed by atoms with Gasteiger partial charge in [0.25, 0.3) is 0 Å². The summed E-state index contributed by atoms with van der Waals surface area (Å²) in [4.78, 5) is 6.63. The molecular weight excluding hydrogens is 208 g/mol. The molecular formula is C15H14N2. The summed E-state index contributed by atoms with van der Waals surface area (Å²) in [7, 11) is 2.10. The van der Waals surface area contributed by atoms with Crippen molar-refractivity contribution in [2.24, 2.45) is 4.99 Å². The monoisotopic (exact) mass is 222 g/mol. The molecule has 0 fully saturated rings. The molecule has 0 saturated carbocycles. The summed E-state index contributed by atoms with van der Waals surface area (Å²) in [6.07, 6.45) is 1.95. The number of fused-ring (bicyclic) bond motifs is 1. The van der Waals surface area contributed by atoms with Crippen molar-refractivity contribution in [3.63, 3.8) is 0 Å². The Hall–Kier alpha value is -2.09. The van der Waals surface area contributed by atoms with E-state index in [0.29, 0.717) is 0 Å². The number of nitrogens with zero attached hydrogens (tertiary/aromatic N) is 2. The molecule has 2 nitrogen and oxygen atoms in total. The average molecular weight is 222 g/mol. The van der Waals surface area contributed by atoms with Crippen molar-refractivity contribution in [2.45, 2.75) is 0 Å². The smallest absolute Gasteiger partial charge is 0.0860 e. The van der Waals surface area contributed by atoms with Crippen LogP contribution in [0.4, 0.5) is 11.4 Å². The van der Waals surface area contributed by atoms with Crippen LogP contribution in [0.1, 0.15) is 0 Å². The summed E-state index contributed by atoms with van der Waals surface area (Å²) in [5, 5.41) is 0. The van der Waals surface area contributed by atoms with E-state index >= 15 is 0 Å². The van der Waals surface area contributed by atoms with E-state index in [1.165, 1.54) is 16.8 Å². The second-order valence-electron chi connectivity index (χ2n) is 4.26. The van der Waals surface area contributed by atoms with Crippen LogP contribution >= 0.6 is 0 Å². The van der Waals surface area contributed by atoms with Crippen LogP contribution in [0.2, 0.25) is 0 Å². The van der Waals surface area contributed by atoms with E-state index in [0.717, 1.165) is 12.2 Å². The molecule has 17 heavy (non-hydrogen) atoms. The van der Waals surface area contributed by atoms with Crippen molar-refractivity contribution in [1.29, 1.82) is 0 Å². The predicted octanol–water partition coefficient (Wildman–Crippen LogP) is 3.51. The SMILES string of the molecule is CN1CC=Nc2ccc(-c3ccccc3)cc21. The van der Waals surface area contributed by atoms with Gasteiger partial charge in [0.05, 0.1) is 17.9 Å². The van der Waals surface area contributed by atoms with Crippen LogP contribution in [0.5, 0.6) is 0 Å². The third kappa shape index (κ3) is 1.82. The highest BCUT2D eigenvalue weighted by Gasteiger charge is 2.11. The Morgan fingerprint density at radius 1 is 1.00 bits per heavy atom. The van der Waals surface area contributed by atoms with Crippen molar-refractivity contribution in [3.05, 3.63) is 48.5 Å². The average Bonchev–Trinajstić information content (AvgIpc) is 2.40. The van der Waals surface area contributed by atoms with Crippen LogP contribution in [0.15, 0.2) is 53.5 Å². The molecule has 1 aliphatic heterocycles. The van der Waals surface area contributed by atoms with Gasteiger partial charge in [0, 0.05) is 13.3 Å². The summed E-state index contributed by atoms with van der Waals surface area (Å²) in [6.45, 7) is 0.880. The molecule has 0 aromatic heterocycles. The first-order valence-corrected chi connectivity index (χ1v) is 5.78. The Balaban J connectivity index is 2.10. The predicted molar refractivity (Wildman–Crippen MR) is 73.3 cm³/mol. The van der Waals surface area contributed by atoms with Gasteiger partial charge >= 0.3 is 0 Å². The number of anilines is 1. The van der Waals surface area contributed by atoms with Crippen molar-refractivity contribution in [2.75, 3.05) is 18.5 Å². The summed E-state index contributed by atoms with van der Waals surface area (Å²) in [5.74, 6) is 0. The lowest BCUT2D eigenvalue weighted by atomic mass is 10.0. The van der Waals surface area contributed by atoms with Gasteiger partial charge in [0.1, 0.15) is 0 Å². The molecule has 2 heteroatoms. The van der Waals surface area contributed by atoms with Gasteiger partial charge < -0.3 is 4.90 Å². The highest BCUT2D eigenvalue weighted by Crippen LogP contribution is 2.34. The minimum atomic E-state index is 0.880. The molecule has 0 aliphatic carbocycles. The maximum Gasteiger partial charge on any atom is 0.0860 e. The number of aliphatic imine (C=N–C) groups is 1. The van der Waals surface area contributed by atoms with Gasteiger partial charge in [-0.2, -0.15) is 0 Å². The molecule has 0 atom stereocenters. The zero-order valence-electron chi connectivity index (χ0n) is 9.80. The minimum absolute atomic E-state index is 0.880. The summed E-state index contributed by atoms with van der Waals surface area (Å²) in [5.41, 5.74) is 4.75. The third-order valence-corrected chi connectivity index (χ3v) is 3.08. The summed E-state index contributed by atoms with van der Waals surface area (Å²) >= 11 is 0. The largest absolute Gasteiger partial charge is 0.368 e. The fourth-order valence-electron chi connectivity index (χ4n) is 2.11. The van der Waals surface area contributed by atoms with E-state index in [1.807, 2.05) is 12.3 Å². The Morgan fingerprint density at radius 2 is 1.82 bits per heavy atom. The second kappa shape index (κ2) is 4.06. The quantitative estimate of drug-likeness (QED) is 0.721. The third-order valence-electron chi connectivity index (χ3n) is 3.08. The van der Waals surface area contributed by atoms with Gasteiger partial charge in [-0.15, -0.1) is 0 Å². The highest BCUT2D eigenvalue weighted by molar-refractivity contribution is 5.84. The van der Waals surface area contributed by atoms with E-state index < -0.39 is 0 Å². The van der Waals surface area contributed by atoms with Gasteiger partial charge in [0.2, 0.25) is 0 Å². The van der Waals surface area contributed by atoms with E-state index in [9.17, 15) is 0 Å². The van der Waals surface area contributed by atoms with Gasteiger partial charge in [-0.3, -0.25) is 4.99 Å². The maximum atomic E-state index is 4.41. The molecule has 0 amide bonds. The fourth-order valence-corrected chi connectivity index (χ4v) is 2.11. The lowest BCUT2D eigenvalue weighted by Crippen LogP contribution is -2.21. The van der Waals surface area contributed by atoms with Crippen LogP contribution in [-0.4, -0.2) is 19.8 Å². The fraction of sp³-hybridized carbons (Fsp3) is 0.133. The molecule has 2 aromatic rings. The van der Waals surface area contributed by atoms with Crippen LogP contribution < -0.4 is 4.90 Å². The van der Waals surface area contributed by atoms with Crippen molar-refractivity contribution in [1.82, 2.24) is 0 Å². The topological polar surface area (TPSA) is 15.6 Å². The first-order chi connectivity index (χ1) is 8.34. The lowest BCUT2D eigenvalue weighted by molar-refractivity contribution is 1.05. The zero-order valence-corrected chi connectivity index (χ0v) is 9.80. The molecule has 0 spiro atoms. The molecule has 0 N–H and O–H groups in total. The van der Waals surface area contributed by atoms with Crippen LogP contribution in [-0.2, 0) is 0 Å². The number of hydrogen-bond acceptors (Lipinski definition) is 2. The lowest BCUT2D eigenvalue weighted by Gasteiger charge is -2.23. The molecule has 0 radical (unpaired) electrons. The highest BCUT2D eigenvalue weighted by atomic mass is 15.1. The van der Waals surface area contributed by atoms with E-state index in [4.69, 9.17) is 0 Å². The maximum absolute atomic E-state index is 4.41. The first-order valence-electron chi connectivity index (χ1n) is 5.78. The molecule has 0 unspecified atom stereocenters. The van der Waals surface area contributed by atoms with Gasteiger partial charge in [-0.25, -0.2) is 0 Å². The molecule has 1 aliphatic rings. The van der Waals surface area contributed by atoms with Crippen molar-refractivity contribution >= 4 is 17.6 Å². The normalized spacial score (nSPS) is 13.6.